The van der Waals surface area contributed by atoms with Gasteiger partial charge in [0.2, 0.25) is 0 Å². The number of aliphatic hydroxyl groups excluding tert-OH is 2. The van der Waals surface area contributed by atoms with Crippen molar-refractivity contribution in [2.45, 2.75) is 30.9 Å². The van der Waals surface area contributed by atoms with Crippen LogP contribution in [0.25, 0.3) is 0 Å². The van der Waals surface area contributed by atoms with Gasteiger partial charge in [0.05, 0.1) is 19.6 Å². The Hall–Kier alpha value is -0.0551. The SMILES string of the molecule is [B][C@@H]1C[C@H](CO)[C@@H](O)[C@@]1(C)O. The predicted molar refractivity (Wildman–Crippen MR) is 41.3 cm³/mol. The van der Waals surface area contributed by atoms with Gasteiger partial charge in [-0.25, -0.2) is 0 Å². The molecule has 3 N–H and O–H groups in total. The predicted octanol–water partition coefficient (Wildman–Crippen LogP) is -0.933. The highest BCUT2D eigenvalue weighted by molar-refractivity contribution is 6.12. The van der Waals surface area contributed by atoms with Crippen molar-refractivity contribution in [1.29, 1.82) is 0 Å². The first-order valence-corrected chi connectivity index (χ1v) is 3.77. The Balaban J connectivity index is 2.71. The van der Waals surface area contributed by atoms with Crippen LogP contribution in [0.15, 0.2) is 0 Å². The van der Waals surface area contributed by atoms with Crippen LogP contribution in [-0.2, 0) is 0 Å². The van der Waals surface area contributed by atoms with Crippen molar-refractivity contribution in [2.75, 3.05) is 6.61 Å². The molecular weight excluding hydrogens is 143 g/mol. The molecule has 1 aliphatic carbocycles. The molecule has 11 heavy (non-hydrogen) atoms. The van der Waals surface area contributed by atoms with Crippen LogP contribution in [0.1, 0.15) is 13.3 Å². The van der Waals surface area contributed by atoms with Crippen LogP contribution in [-0.4, -0.2) is 41.5 Å². The van der Waals surface area contributed by atoms with Crippen LogP contribution < -0.4 is 0 Å². The van der Waals surface area contributed by atoms with E-state index < -0.39 is 17.5 Å². The van der Waals surface area contributed by atoms with Crippen LogP contribution in [0.5, 0.6) is 0 Å². The van der Waals surface area contributed by atoms with E-state index in [1.165, 1.54) is 6.92 Å². The Kier molecular flexibility index (Phi) is 2.28. The van der Waals surface area contributed by atoms with Gasteiger partial charge in [-0.3, -0.25) is 0 Å². The Morgan fingerprint density at radius 1 is 1.64 bits per heavy atom. The van der Waals surface area contributed by atoms with Crippen LogP contribution in [0.2, 0.25) is 5.82 Å². The van der Waals surface area contributed by atoms with Crippen LogP contribution in [0.3, 0.4) is 0 Å². The third-order valence-electron chi connectivity index (χ3n) is 2.59. The molecule has 0 saturated heterocycles. The first kappa shape index (κ1) is 9.04. The molecule has 0 heterocycles. The fourth-order valence-electron chi connectivity index (χ4n) is 1.56. The molecule has 0 aromatic rings. The topological polar surface area (TPSA) is 60.7 Å². The van der Waals surface area contributed by atoms with Gasteiger partial charge in [0.25, 0.3) is 0 Å². The lowest BCUT2D eigenvalue weighted by Gasteiger charge is -2.27. The van der Waals surface area contributed by atoms with Gasteiger partial charge in [-0.2, -0.15) is 0 Å². The Morgan fingerprint density at radius 2 is 2.18 bits per heavy atom. The summed E-state index contributed by atoms with van der Waals surface area (Å²) in [5, 5.41) is 27.7. The van der Waals surface area contributed by atoms with Gasteiger partial charge in [0.1, 0.15) is 0 Å². The molecule has 2 radical (unpaired) electrons. The summed E-state index contributed by atoms with van der Waals surface area (Å²) in [7, 11) is 5.55. The molecule has 0 amide bonds. The number of rotatable bonds is 1. The monoisotopic (exact) mass is 156 g/mol. The molecule has 3 nitrogen and oxygen atoms in total. The highest BCUT2D eigenvalue weighted by atomic mass is 16.3. The van der Waals surface area contributed by atoms with E-state index in [0.29, 0.717) is 6.42 Å². The molecule has 0 unspecified atom stereocenters. The van der Waals surface area contributed by atoms with Gasteiger partial charge in [-0.15, -0.1) is 0 Å². The molecule has 4 atom stereocenters. The second kappa shape index (κ2) is 2.77. The molecular formula is C7H13BO3. The van der Waals surface area contributed by atoms with Crippen LogP contribution in [0.4, 0.5) is 0 Å². The van der Waals surface area contributed by atoms with E-state index in [1.54, 1.807) is 0 Å². The Morgan fingerprint density at radius 3 is 2.36 bits per heavy atom. The largest absolute Gasteiger partial charge is 0.396 e. The fourth-order valence-corrected chi connectivity index (χ4v) is 1.56. The molecule has 4 heteroatoms. The van der Waals surface area contributed by atoms with E-state index in [2.05, 4.69) is 0 Å². The zero-order valence-electron chi connectivity index (χ0n) is 6.57. The summed E-state index contributed by atoms with van der Waals surface area (Å²) in [4.78, 5) is 0. The average Bonchev–Trinajstić information content (AvgIpc) is 2.14. The second-order valence-electron chi connectivity index (χ2n) is 3.46. The quantitative estimate of drug-likeness (QED) is 0.429. The van der Waals surface area contributed by atoms with E-state index in [0.717, 1.165) is 0 Å². The summed E-state index contributed by atoms with van der Waals surface area (Å²) in [5.41, 5.74) is -1.24. The van der Waals surface area contributed by atoms with E-state index in [1.807, 2.05) is 0 Å². The third-order valence-corrected chi connectivity index (χ3v) is 2.59. The van der Waals surface area contributed by atoms with Crippen molar-refractivity contribution in [3.63, 3.8) is 0 Å². The standard InChI is InChI=1S/C7H13BO3/c1-7(11)5(8)2-4(3-9)6(7)10/h4-6,9-11H,2-3H2,1H3/t4-,5-,6-,7+/m1/s1. The molecule has 0 spiro atoms. The second-order valence-corrected chi connectivity index (χ2v) is 3.46. The maximum atomic E-state index is 9.55. The summed E-state index contributed by atoms with van der Waals surface area (Å²) >= 11 is 0. The smallest absolute Gasteiger partial charge is 0.0869 e. The average molecular weight is 156 g/mol. The van der Waals surface area contributed by atoms with E-state index in [4.69, 9.17) is 13.0 Å². The zero-order chi connectivity index (χ0) is 8.65. The van der Waals surface area contributed by atoms with E-state index >= 15 is 0 Å². The summed E-state index contributed by atoms with van der Waals surface area (Å²) in [6.07, 6.45) is -0.424. The van der Waals surface area contributed by atoms with Gasteiger partial charge in [0.15, 0.2) is 0 Å². The zero-order valence-corrected chi connectivity index (χ0v) is 6.57. The lowest BCUT2D eigenvalue weighted by Crippen LogP contribution is -2.40. The molecule has 1 saturated carbocycles. The van der Waals surface area contributed by atoms with Crippen LogP contribution >= 0.6 is 0 Å². The summed E-state index contributed by atoms with van der Waals surface area (Å²) in [5.74, 6) is -0.713. The maximum absolute atomic E-state index is 9.55. The molecule has 0 aliphatic heterocycles. The molecule has 62 valence electrons. The van der Waals surface area contributed by atoms with Crippen molar-refractivity contribution in [3.8, 4) is 0 Å². The molecule has 0 aromatic heterocycles. The molecule has 1 rings (SSSR count). The summed E-state index contributed by atoms with van der Waals surface area (Å²) in [6, 6.07) is 0. The molecule has 1 aliphatic rings. The van der Waals surface area contributed by atoms with Gasteiger partial charge in [0, 0.05) is 12.5 Å². The van der Waals surface area contributed by atoms with E-state index in [9.17, 15) is 10.2 Å². The van der Waals surface area contributed by atoms with Crippen molar-refractivity contribution in [3.05, 3.63) is 0 Å². The van der Waals surface area contributed by atoms with Crippen molar-refractivity contribution in [1.82, 2.24) is 0 Å². The van der Waals surface area contributed by atoms with Crippen LogP contribution in [0, 0.1) is 5.92 Å². The number of aliphatic hydroxyl groups is 3. The molecule has 0 aromatic carbocycles. The molecule has 1 fully saturated rings. The molecule has 0 bridgehead atoms. The van der Waals surface area contributed by atoms with Crippen molar-refractivity contribution in [2.24, 2.45) is 5.92 Å². The fraction of sp³-hybridized carbons (Fsp3) is 1.00. The Labute approximate surface area is 67.5 Å². The minimum absolute atomic E-state index is 0.120. The lowest BCUT2D eigenvalue weighted by molar-refractivity contribution is -0.0602. The van der Waals surface area contributed by atoms with E-state index in [-0.39, 0.29) is 12.5 Å². The third kappa shape index (κ3) is 1.30. The minimum Gasteiger partial charge on any atom is -0.396 e. The van der Waals surface area contributed by atoms with Crippen molar-refractivity contribution < 1.29 is 15.3 Å². The van der Waals surface area contributed by atoms with Gasteiger partial charge in [-0.1, -0.05) is 0 Å². The number of hydrogen-bond acceptors (Lipinski definition) is 3. The van der Waals surface area contributed by atoms with Gasteiger partial charge < -0.3 is 15.3 Å². The summed E-state index contributed by atoms with van der Waals surface area (Å²) in [6.45, 7) is 1.38. The maximum Gasteiger partial charge on any atom is 0.0869 e. The van der Waals surface area contributed by atoms with Crippen molar-refractivity contribution >= 4 is 7.85 Å². The highest BCUT2D eigenvalue weighted by Crippen LogP contribution is 2.41. The first-order valence-electron chi connectivity index (χ1n) is 3.77. The summed E-state index contributed by atoms with van der Waals surface area (Å²) < 4.78 is 0. The highest BCUT2D eigenvalue weighted by Gasteiger charge is 2.47. The van der Waals surface area contributed by atoms with Gasteiger partial charge in [-0.05, 0) is 19.2 Å². The normalized spacial score (nSPS) is 51.5. The minimum atomic E-state index is -1.24. The lowest BCUT2D eigenvalue weighted by atomic mass is 9.76. The Bertz CT molecular complexity index is 149. The van der Waals surface area contributed by atoms with Gasteiger partial charge >= 0.3 is 0 Å². The number of hydrogen-bond donors (Lipinski definition) is 3. The first-order chi connectivity index (χ1) is 5.00.